The van der Waals surface area contributed by atoms with Crippen LogP contribution in [0.4, 0.5) is 0 Å². The molecule has 0 aliphatic carbocycles. The van der Waals surface area contributed by atoms with Gasteiger partial charge in [-0.2, -0.15) is 0 Å². The van der Waals surface area contributed by atoms with Crippen LogP contribution < -0.4 is 10.6 Å². The molecule has 0 saturated carbocycles. The summed E-state index contributed by atoms with van der Waals surface area (Å²) in [6, 6.07) is 4.42. The lowest BCUT2D eigenvalue weighted by Gasteiger charge is -2.34. The highest BCUT2D eigenvalue weighted by Gasteiger charge is 2.40. The Labute approximate surface area is 159 Å². The van der Waals surface area contributed by atoms with E-state index >= 15 is 0 Å². The number of carbonyl (C=O) groups is 2. The van der Waals surface area contributed by atoms with Gasteiger partial charge < -0.3 is 15.4 Å². The summed E-state index contributed by atoms with van der Waals surface area (Å²) < 4.78 is 5.45. The second-order valence-electron chi connectivity index (χ2n) is 7.10. The van der Waals surface area contributed by atoms with Crippen LogP contribution in [0.3, 0.4) is 0 Å². The van der Waals surface area contributed by atoms with Gasteiger partial charge in [-0.15, -0.1) is 11.3 Å². The van der Waals surface area contributed by atoms with Crippen molar-refractivity contribution in [3.63, 3.8) is 0 Å². The summed E-state index contributed by atoms with van der Waals surface area (Å²) in [5, 5.41) is 7.99. The molecule has 2 N–H and O–H groups in total. The van der Waals surface area contributed by atoms with Crippen LogP contribution in [0.1, 0.15) is 37.0 Å². The minimum absolute atomic E-state index is 0.0472. The summed E-state index contributed by atoms with van der Waals surface area (Å²) in [5.41, 5.74) is 0. The maximum absolute atomic E-state index is 12.3. The van der Waals surface area contributed by atoms with E-state index < -0.39 is 0 Å². The monoisotopic (exact) mass is 379 g/mol. The van der Waals surface area contributed by atoms with E-state index in [1.807, 2.05) is 6.07 Å². The van der Waals surface area contributed by atoms with Gasteiger partial charge in [0.25, 0.3) is 0 Å². The van der Waals surface area contributed by atoms with E-state index in [9.17, 15) is 9.59 Å². The quantitative estimate of drug-likeness (QED) is 0.754. The molecule has 2 aliphatic rings. The molecule has 3 heterocycles. The fourth-order valence-electron chi connectivity index (χ4n) is 3.99. The van der Waals surface area contributed by atoms with Crippen molar-refractivity contribution < 1.29 is 14.3 Å². The number of rotatable bonds is 7. The van der Waals surface area contributed by atoms with Gasteiger partial charge in [-0.3, -0.25) is 14.5 Å². The third-order valence-corrected chi connectivity index (χ3v) is 6.26. The van der Waals surface area contributed by atoms with Gasteiger partial charge in [0.2, 0.25) is 11.8 Å². The molecule has 0 spiro atoms. The van der Waals surface area contributed by atoms with E-state index in [0.717, 1.165) is 45.4 Å². The zero-order valence-electron chi connectivity index (χ0n) is 15.4. The Balaban J connectivity index is 1.49. The molecule has 3 rings (SSSR count). The van der Waals surface area contributed by atoms with E-state index in [2.05, 4.69) is 27.0 Å². The highest BCUT2D eigenvalue weighted by molar-refractivity contribution is 7.09. The number of amides is 2. The van der Waals surface area contributed by atoms with Crippen LogP contribution in [0, 0.1) is 0 Å². The molecule has 2 amide bonds. The summed E-state index contributed by atoms with van der Waals surface area (Å²) in [7, 11) is 1.68. The van der Waals surface area contributed by atoms with Crippen LogP contribution in [-0.2, 0) is 20.7 Å². The van der Waals surface area contributed by atoms with Crippen molar-refractivity contribution in [2.24, 2.45) is 0 Å². The first-order valence-corrected chi connectivity index (χ1v) is 10.4. The first-order valence-electron chi connectivity index (χ1n) is 9.54. The van der Waals surface area contributed by atoms with Gasteiger partial charge in [0.05, 0.1) is 6.04 Å². The van der Waals surface area contributed by atoms with Crippen molar-refractivity contribution in [3.8, 4) is 0 Å². The number of aryl methyl sites for hydroxylation is 1. The fourth-order valence-corrected chi connectivity index (χ4v) is 4.74. The number of carbonyl (C=O) groups excluding carboxylic acids is 2. The van der Waals surface area contributed by atoms with E-state index in [1.54, 1.807) is 18.4 Å². The van der Waals surface area contributed by atoms with Crippen molar-refractivity contribution >= 4 is 23.2 Å². The minimum Gasteiger partial charge on any atom is -0.381 e. The number of nitrogens with zero attached hydrogens (tertiary/aromatic N) is 1. The molecular weight excluding hydrogens is 350 g/mol. The first-order chi connectivity index (χ1) is 12.7. The molecule has 2 aliphatic heterocycles. The zero-order chi connectivity index (χ0) is 18.4. The van der Waals surface area contributed by atoms with Crippen LogP contribution >= 0.6 is 11.3 Å². The molecule has 2 fully saturated rings. The summed E-state index contributed by atoms with van der Waals surface area (Å²) in [6.07, 6.45) is 4.94. The lowest BCUT2D eigenvalue weighted by molar-refractivity contribution is -0.126. The standard InChI is InChI=1S/C19H29N3O3S/c1-20-19(24)17-12-14(13-22(17)15-7-9-25-10-8-15)21-18(23)6-2-4-16-5-3-11-26-16/h3,5,11,14-15,17H,2,4,6-10,12-13H2,1H3,(H,20,24)(H,21,23)/t14-,17+/m1/s1. The van der Waals surface area contributed by atoms with E-state index in [-0.39, 0.29) is 23.9 Å². The topological polar surface area (TPSA) is 70.7 Å². The molecule has 6 nitrogen and oxygen atoms in total. The number of hydrogen-bond acceptors (Lipinski definition) is 5. The van der Waals surface area contributed by atoms with Crippen LogP contribution in [-0.4, -0.2) is 61.6 Å². The second-order valence-corrected chi connectivity index (χ2v) is 8.14. The molecule has 0 bridgehead atoms. The first kappa shape index (κ1) is 19.3. The Morgan fingerprint density at radius 3 is 2.85 bits per heavy atom. The SMILES string of the molecule is CNC(=O)[C@@H]1C[C@@H](NC(=O)CCCc2cccs2)CN1C1CCOCC1. The zero-order valence-corrected chi connectivity index (χ0v) is 16.2. The third-order valence-electron chi connectivity index (χ3n) is 5.32. The minimum atomic E-state index is -0.153. The largest absolute Gasteiger partial charge is 0.381 e. The van der Waals surface area contributed by atoms with Crippen LogP contribution in [0.25, 0.3) is 0 Å². The number of thiophene rings is 1. The predicted octanol–water partition coefficient (Wildman–Crippen LogP) is 1.55. The summed E-state index contributed by atoms with van der Waals surface area (Å²) in [5.74, 6) is 0.141. The molecule has 144 valence electrons. The number of ether oxygens (including phenoxy) is 1. The maximum atomic E-state index is 12.3. The molecule has 0 aromatic carbocycles. The number of likely N-dealkylation sites (tertiary alicyclic amines) is 1. The molecule has 26 heavy (non-hydrogen) atoms. The van der Waals surface area contributed by atoms with Crippen LogP contribution in [0.15, 0.2) is 17.5 Å². The molecule has 2 saturated heterocycles. The van der Waals surface area contributed by atoms with Crippen molar-refractivity contribution in [1.29, 1.82) is 0 Å². The smallest absolute Gasteiger partial charge is 0.237 e. The van der Waals surface area contributed by atoms with Crippen molar-refractivity contribution in [2.75, 3.05) is 26.8 Å². The Kier molecular flexibility index (Phi) is 7.05. The Morgan fingerprint density at radius 2 is 2.15 bits per heavy atom. The lowest BCUT2D eigenvalue weighted by Crippen LogP contribution is -2.48. The lowest BCUT2D eigenvalue weighted by atomic mass is 10.1. The Morgan fingerprint density at radius 1 is 1.35 bits per heavy atom. The van der Waals surface area contributed by atoms with Gasteiger partial charge >= 0.3 is 0 Å². The van der Waals surface area contributed by atoms with E-state index in [0.29, 0.717) is 18.9 Å². The van der Waals surface area contributed by atoms with Gasteiger partial charge in [0.15, 0.2) is 0 Å². The Bertz CT molecular complexity index is 587. The number of hydrogen-bond donors (Lipinski definition) is 2. The van der Waals surface area contributed by atoms with Crippen LogP contribution in [0.2, 0.25) is 0 Å². The highest BCUT2D eigenvalue weighted by atomic mass is 32.1. The molecule has 7 heteroatoms. The maximum Gasteiger partial charge on any atom is 0.237 e. The number of nitrogens with one attached hydrogen (secondary N) is 2. The van der Waals surface area contributed by atoms with Crippen molar-refractivity contribution in [2.45, 2.75) is 56.7 Å². The summed E-state index contributed by atoms with van der Waals surface area (Å²) >= 11 is 1.74. The van der Waals surface area contributed by atoms with Crippen molar-refractivity contribution in [1.82, 2.24) is 15.5 Å². The molecule has 0 radical (unpaired) electrons. The van der Waals surface area contributed by atoms with Crippen LogP contribution in [0.5, 0.6) is 0 Å². The highest BCUT2D eigenvalue weighted by Crippen LogP contribution is 2.26. The average Bonchev–Trinajstić information content (AvgIpc) is 3.32. The fraction of sp³-hybridized carbons (Fsp3) is 0.684. The summed E-state index contributed by atoms with van der Waals surface area (Å²) in [4.78, 5) is 28.2. The molecular formula is C19H29N3O3S. The number of likely N-dealkylation sites (N-methyl/N-ethyl adjacent to an activating group) is 1. The molecule has 1 aromatic heterocycles. The van der Waals surface area contributed by atoms with E-state index in [1.165, 1.54) is 4.88 Å². The molecule has 0 unspecified atom stereocenters. The van der Waals surface area contributed by atoms with E-state index in [4.69, 9.17) is 4.74 Å². The van der Waals surface area contributed by atoms with Gasteiger partial charge in [-0.1, -0.05) is 6.07 Å². The Hall–Kier alpha value is -1.44. The van der Waals surface area contributed by atoms with Crippen molar-refractivity contribution in [3.05, 3.63) is 22.4 Å². The second kappa shape index (κ2) is 9.48. The molecule has 1 aromatic rings. The van der Waals surface area contributed by atoms with Gasteiger partial charge in [-0.05, 0) is 43.6 Å². The normalized spacial score (nSPS) is 24.5. The third kappa shape index (κ3) is 5.05. The van der Waals surface area contributed by atoms with Gasteiger partial charge in [0.1, 0.15) is 0 Å². The van der Waals surface area contributed by atoms with Gasteiger partial charge in [0, 0.05) is 50.2 Å². The summed E-state index contributed by atoms with van der Waals surface area (Å²) in [6.45, 7) is 2.25. The average molecular weight is 380 g/mol. The molecule has 2 atom stereocenters. The predicted molar refractivity (Wildman–Crippen MR) is 102 cm³/mol. The van der Waals surface area contributed by atoms with Gasteiger partial charge in [-0.25, -0.2) is 0 Å².